The van der Waals surface area contributed by atoms with Crippen LogP contribution in [0.4, 0.5) is 5.69 Å². The lowest BCUT2D eigenvalue weighted by Gasteiger charge is -2.03. The van der Waals surface area contributed by atoms with E-state index in [1.807, 2.05) is 18.2 Å². The minimum Gasteiger partial charge on any atom is -0.464 e. The normalized spacial score (nSPS) is 16.8. The molecule has 5 heteroatoms. The molecule has 3 rings (SSSR count). The number of aryl methyl sites for hydroxylation is 1. The SMILES string of the molecule is Cc1ccc(N)c2ccccc12.O=CN[C@H]1CCOC1=O. The summed E-state index contributed by atoms with van der Waals surface area (Å²) in [4.78, 5) is 20.3. The number of esters is 1. The molecule has 0 bridgehead atoms. The first kappa shape index (κ1) is 14.8. The van der Waals surface area contributed by atoms with E-state index in [4.69, 9.17) is 5.73 Å². The van der Waals surface area contributed by atoms with Gasteiger partial charge in [0.15, 0.2) is 0 Å². The lowest BCUT2D eigenvalue weighted by Crippen LogP contribution is -2.31. The van der Waals surface area contributed by atoms with Gasteiger partial charge in [-0.2, -0.15) is 0 Å². The highest BCUT2D eigenvalue weighted by Gasteiger charge is 2.24. The first-order valence-corrected chi connectivity index (χ1v) is 6.73. The van der Waals surface area contributed by atoms with Gasteiger partial charge in [-0.25, -0.2) is 4.79 Å². The molecule has 0 saturated carbocycles. The van der Waals surface area contributed by atoms with Crippen LogP contribution in [0.2, 0.25) is 0 Å². The van der Waals surface area contributed by atoms with Gasteiger partial charge < -0.3 is 15.8 Å². The van der Waals surface area contributed by atoms with Crippen LogP contribution in [0, 0.1) is 6.92 Å². The van der Waals surface area contributed by atoms with Gasteiger partial charge in [0.25, 0.3) is 0 Å². The molecule has 5 nitrogen and oxygen atoms in total. The second kappa shape index (κ2) is 6.74. The van der Waals surface area contributed by atoms with E-state index in [1.54, 1.807) is 0 Å². The number of amides is 1. The summed E-state index contributed by atoms with van der Waals surface area (Å²) in [5, 5.41) is 4.74. The molecule has 1 atom stereocenters. The van der Waals surface area contributed by atoms with Gasteiger partial charge in [0.1, 0.15) is 6.04 Å². The molecule has 1 aliphatic heterocycles. The van der Waals surface area contributed by atoms with Crippen LogP contribution in [0.15, 0.2) is 36.4 Å². The predicted octanol–water partition coefficient (Wildman–Crippen LogP) is 1.78. The number of rotatable bonds is 2. The Labute approximate surface area is 123 Å². The van der Waals surface area contributed by atoms with Crippen LogP contribution >= 0.6 is 0 Å². The molecular weight excluding hydrogens is 268 g/mol. The quantitative estimate of drug-likeness (QED) is 0.501. The summed E-state index contributed by atoms with van der Waals surface area (Å²) >= 11 is 0. The molecular formula is C16H18N2O3. The number of anilines is 1. The molecule has 0 radical (unpaired) electrons. The number of nitrogen functional groups attached to an aromatic ring is 1. The van der Waals surface area contributed by atoms with Crippen molar-refractivity contribution in [1.29, 1.82) is 0 Å². The molecule has 0 spiro atoms. The van der Waals surface area contributed by atoms with Crippen LogP contribution in [0.25, 0.3) is 10.8 Å². The van der Waals surface area contributed by atoms with Gasteiger partial charge in [-0.05, 0) is 23.9 Å². The number of carbonyl (C=O) groups excluding carboxylic acids is 2. The second-order valence-corrected chi connectivity index (χ2v) is 4.81. The lowest BCUT2D eigenvalue weighted by molar-refractivity contribution is -0.140. The molecule has 1 saturated heterocycles. The van der Waals surface area contributed by atoms with Crippen molar-refractivity contribution in [3.8, 4) is 0 Å². The van der Waals surface area contributed by atoms with E-state index in [0.29, 0.717) is 19.4 Å². The fraction of sp³-hybridized carbons (Fsp3) is 0.250. The Morgan fingerprint density at radius 1 is 1.24 bits per heavy atom. The molecule has 2 aromatic carbocycles. The standard InChI is InChI=1S/C11H11N.C5H7NO3/c1-8-6-7-11(12)10-5-3-2-4-9(8)10;7-3-6-4-1-2-9-5(4)8/h2-7H,12H2,1H3;3-4H,1-2H2,(H,6,7)/t;4-/m.0/s1. The number of hydrogen-bond donors (Lipinski definition) is 2. The Kier molecular flexibility index (Phi) is 4.77. The van der Waals surface area contributed by atoms with Crippen LogP contribution in [0.3, 0.4) is 0 Å². The van der Waals surface area contributed by atoms with Gasteiger partial charge in [-0.15, -0.1) is 0 Å². The summed E-state index contributed by atoms with van der Waals surface area (Å²) < 4.78 is 4.56. The zero-order valence-electron chi connectivity index (χ0n) is 11.8. The van der Waals surface area contributed by atoms with Crippen LogP contribution in [0.1, 0.15) is 12.0 Å². The molecule has 1 fully saturated rings. The summed E-state index contributed by atoms with van der Waals surface area (Å²) in [7, 11) is 0. The summed E-state index contributed by atoms with van der Waals surface area (Å²) in [6.07, 6.45) is 1.11. The minimum atomic E-state index is -0.400. The highest BCUT2D eigenvalue weighted by atomic mass is 16.5. The zero-order valence-corrected chi connectivity index (χ0v) is 11.8. The van der Waals surface area contributed by atoms with Gasteiger partial charge in [0.2, 0.25) is 6.41 Å². The van der Waals surface area contributed by atoms with E-state index in [0.717, 1.165) is 11.1 Å². The van der Waals surface area contributed by atoms with Crippen molar-refractivity contribution in [3.63, 3.8) is 0 Å². The predicted molar refractivity (Wildman–Crippen MR) is 81.7 cm³/mol. The second-order valence-electron chi connectivity index (χ2n) is 4.81. The molecule has 1 heterocycles. The van der Waals surface area contributed by atoms with Gasteiger partial charge in [-0.1, -0.05) is 30.3 Å². The number of nitrogens with two attached hydrogens (primary N) is 1. The molecule has 0 aliphatic carbocycles. The van der Waals surface area contributed by atoms with E-state index in [-0.39, 0.29) is 5.97 Å². The van der Waals surface area contributed by atoms with E-state index in [2.05, 4.69) is 35.2 Å². The fourth-order valence-corrected chi connectivity index (χ4v) is 2.20. The number of hydrogen-bond acceptors (Lipinski definition) is 4. The van der Waals surface area contributed by atoms with Crippen LogP contribution in [-0.2, 0) is 14.3 Å². The van der Waals surface area contributed by atoms with Gasteiger partial charge in [0, 0.05) is 17.5 Å². The van der Waals surface area contributed by atoms with Crippen molar-refractivity contribution in [2.75, 3.05) is 12.3 Å². The maximum atomic E-state index is 10.5. The number of fused-ring (bicyclic) bond motifs is 1. The van der Waals surface area contributed by atoms with Crippen molar-refractivity contribution >= 4 is 28.8 Å². The summed E-state index contributed by atoms with van der Waals surface area (Å²) in [5.74, 6) is -0.331. The number of nitrogens with one attached hydrogen (secondary N) is 1. The average molecular weight is 286 g/mol. The first-order valence-electron chi connectivity index (χ1n) is 6.73. The van der Waals surface area contributed by atoms with E-state index >= 15 is 0 Å². The topological polar surface area (TPSA) is 81.4 Å². The number of carbonyl (C=O) groups is 2. The average Bonchev–Trinajstić information content (AvgIpc) is 2.90. The van der Waals surface area contributed by atoms with Gasteiger partial charge in [-0.3, -0.25) is 4.79 Å². The Balaban J connectivity index is 0.000000161. The van der Waals surface area contributed by atoms with Crippen molar-refractivity contribution in [2.24, 2.45) is 0 Å². The Morgan fingerprint density at radius 2 is 1.95 bits per heavy atom. The molecule has 1 aliphatic rings. The molecule has 110 valence electrons. The summed E-state index contributed by atoms with van der Waals surface area (Å²) in [6.45, 7) is 2.52. The Bertz CT molecular complexity index is 615. The van der Waals surface area contributed by atoms with Crippen molar-refractivity contribution < 1.29 is 14.3 Å². The van der Waals surface area contributed by atoms with E-state index in [1.165, 1.54) is 10.9 Å². The van der Waals surface area contributed by atoms with E-state index < -0.39 is 6.04 Å². The third-order valence-corrected chi connectivity index (χ3v) is 3.38. The molecule has 0 aromatic heterocycles. The molecule has 3 N–H and O–H groups in total. The van der Waals surface area contributed by atoms with Crippen molar-refractivity contribution in [3.05, 3.63) is 42.0 Å². The number of cyclic esters (lactones) is 1. The molecule has 1 amide bonds. The Hall–Kier alpha value is -2.56. The maximum Gasteiger partial charge on any atom is 0.328 e. The third kappa shape index (κ3) is 3.51. The monoisotopic (exact) mass is 286 g/mol. The Morgan fingerprint density at radius 3 is 2.52 bits per heavy atom. The van der Waals surface area contributed by atoms with Crippen LogP contribution in [-0.4, -0.2) is 25.0 Å². The summed E-state index contributed by atoms with van der Waals surface area (Å²) in [5.41, 5.74) is 7.96. The minimum absolute atomic E-state index is 0.331. The smallest absolute Gasteiger partial charge is 0.328 e. The number of ether oxygens (including phenoxy) is 1. The third-order valence-electron chi connectivity index (χ3n) is 3.38. The van der Waals surface area contributed by atoms with Gasteiger partial charge in [0.05, 0.1) is 6.61 Å². The molecule has 21 heavy (non-hydrogen) atoms. The highest BCUT2D eigenvalue weighted by Crippen LogP contribution is 2.23. The van der Waals surface area contributed by atoms with Gasteiger partial charge >= 0.3 is 5.97 Å². The lowest BCUT2D eigenvalue weighted by atomic mass is 10.0. The van der Waals surface area contributed by atoms with Crippen molar-refractivity contribution in [2.45, 2.75) is 19.4 Å². The molecule has 0 unspecified atom stereocenters. The largest absolute Gasteiger partial charge is 0.464 e. The zero-order chi connectivity index (χ0) is 15.2. The van der Waals surface area contributed by atoms with Crippen LogP contribution < -0.4 is 11.1 Å². The van der Waals surface area contributed by atoms with Crippen molar-refractivity contribution in [1.82, 2.24) is 5.32 Å². The number of benzene rings is 2. The fourth-order valence-electron chi connectivity index (χ4n) is 2.20. The van der Waals surface area contributed by atoms with E-state index in [9.17, 15) is 9.59 Å². The highest BCUT2D eigenvalue weighted by molar-refractivity contribution is 5.94. The summed E-state index contributed by atoms with van der Waals surface area (Å²) in [6, 6.07) is 11.8. The maximum absolute atomic E-state index is 10.5. The van der Waals surface area contributed by atoms with Crippen LogP contribution in [0.5, 0.6) is 0 Å². The molecule has 2 aromatic rings. The first-order chi connectivity index (χ1) is 10.1.